The number of carbonyl (C=O) groups is 1. The van der Waals surface area contributed by atoms with Crippen LogP contribution >= 0.6 is 11.6 Å². The van der Waals surface area contributed by atoms with Crippen LogP contribution in [0.1, 0.15) is 27.4 Å². The molecule has 1 aromatic heterocycles. The summed E-state index contributed by atoms with van der Waals surface area (Å²) in [5, 5.41) is 0.331. The standard InChI is InChI=1S/C15H16ClNO5S/c1-9-4-5-11(16)6-14(9)23(19,20)17-8-12-7-13(10(2)22-12)15(18)21-3/h4-7,17H,8H2,1-3H3. The number of benzene rings is 1. The zero-order valence-electron chi connectivity index (χ0n) is 12.8. The number of aryl methyl sites for hydroxylation is 2. The Kier molecular flexibility index (Phi) is 5.13. The molecule has 0 aliphatic heterocycles. The van der Waals surface area contributed by atoms with Crippen molar-refractivity contribution < 1.29 is 22.4 Å². The van der Waals surface area contributed by atoms with Crippen molar-refractivity contribution in [3.63, 3.8) is 0 Å². The summed E-state index contributed by atoms with van der Waals surface area (Å²) in [6.07, 6.45) is 0. The van der Waals surface area contributed by atoms with Gasteiger partial charge >= 0.3 is 5.97 Å². The van der Waals surface area contributed by atoms with E-state index in [2.05, 4.69) is 9.46 Å². The van der Waals surface area contributed by atoms with Crippen molar-refractivity contribution in [2.24, 2.45) is 0 Å². The van der Waals surface area contributed by atoms with E-state index in [1.165, 1.54) is 19.2 Å². The van der Waals surface area contributed by atoms with Crippen LogP contribution in [-0.2, 0) is 21.3 Å². The Labute approximate surface area is 139 Å². The number of esters is 1. The predicted molar refractivity (Wildman–Crippen MR) is 85.0 cm³/mol. The van der Waals surface area contributed by atoms with Crippen LogP contribution in [0.3, 0.4) is 0 Å². The van der Waals surface area contributed by atoms with E-state index in [-0.39, 0.29) is 17.0 Å². The van der Waals surface area contributed by atoms with E-state index < -0.39 is 16.0 Å². The van der Waals surface area contributed by atoms with Gasteiger partial charge in [-0.25, -0.2) is 17.9 Å². The lowest BCUT2D eigenvalue weighted by Gasteiger charge is -2.08. The Bertz CT molecular complexity index is 842. The molecule has 0 fully saturated rings. The molecule has 0 amide bonds. The number of rotatable bonds is 5. The predicted octanol–water partition coefficient (Wildman–Crippen LogP) is 2.81. The molecule has 0 atom stereocenters. The molecule has 8 heteroatoms. The minimum atomic E-state index is -3.75. The maximum absolute atomic E-state index is 12.4. The first kappa shape index (κ1) is 17.5. The van der Waals surface area contributed by atoms with Gasteiger partial charge in [0.2, 0.25) is 10.0 Å². The van der Waals surface area contributed by atoms with Crippen LogP contribution in [0.5, 0.6) is 0 Å². The lowest BCUT2D eigenvalue weighted by atomic mass is 10.2. The van der Waals surface area contributed by atoms with Gasteiger partial charge < -0.3 is 9.15 Å². The van der Waals surface area contributed by atoms with E-state index in [1.54, 1.807) is 26.0 Å². The van der Waals surface area contributed by atoms with E-state index in [0.29, 0.717) is 22.1 Å². The molecular formula is C15H16ClNO5S. The van der Waals surface area contributed by atoms with Gasteiger partial charge in [-0.15, -0.1) is 0 Å². The number of ether oxygens (including phenoxy) is 1. The molecule has 1 N–H and O–H groups in total. The number of methoxy groups -OCH3 is 1. The monoisotopic (exact) mass is 357 g/mol. The van der Waals surface area contributed by atoms with Crippen LogP contribution in [0.15, 0.2) is 33.6 Å². The van der Waals surface area contributed by atoms with Gasteiger partial charge in [0.15, 0.2) is 0 Å². The lowest BCUT2D eigenvalue weighted by Crippen LogP contribution is -2.23. The largest absolute Gasteiger partial charge is 0.465 e. The molecule has 1 aromatic carbocycles. The van der Waals surface area contributed by atoms with Crippen LogP contribution in [-0.4, -0.2) is 21.5 Å². The molecule has 0 radical (unpaired) electrons. The van der Waals surface area contributed by atoms with Crippen molar-refractivity contribution in [2.75, 3.05) is 7.11 Å². The number of hydrogen-bond acceptors (Lipinski definition) is 5. The molecule has 0 saturated carbocycles. The van der Waals surface area contributed by atoms with E-state index in [1.807, 2.05) is 0 Å². The summed E-state index contributed by atoms with van der Waals surface area (Å²) in [6, 6.07) is 6.08. The second kappa shape index (κ2) is 6.74. The van der Waals surface area contributed by atoms with Crippen LogP contribution in [0, 0.1) is 13.8 Å². The van der Waals surface area contributed by atoms with Crippen molar-refractivity contribution in [1.29, 1.82) is 0 Å². The molecule has 2 aromatic rings. The number of furan rings is 1. The fraction of sp³-hybridized carbons (Fsp3) is 0.267. The molecule has 1 heterocycles. The maximum Gasteiger partial charge on any atom is 0.341 e. The van der Waals surface area contributed by atoms with Crippen LogP contribution < -0.4 is 4.72 Å². The summed E-state index contributed by atoms with van der Waals surface area (Å²) in [7, 11) is -2.49. The van der Waals surface area contributed by atoms with Gasteiger partial charge in [-0.2, -0.15) is 0 Å². The SMILES string of the molecule is COC(=O)c1cc(CNS(=O)(=O)c2cc(Cl)ccc2C)oc1C. The number of halogens is 1. The summed E-state index contributed by atoms with van der Waals surface area (Å²) in [5.41, 5.74) is 0.841. The first-order valence-electron chi connectivity index (χ1n) is 6.68. The van der Waals surface area contributed by atoms with Gasteiger partial charge in [0.1, 0.15) is 17.1 Å². The number of nitrogens with one attached hydrogen (secondary N) is 1. The molecule has 0 bridgehead atoms. The molecule has 6 nitrogen and oxygen atoms in total. The van der Waals surface area contributed by atoms with E-state index >= 15 is 0 Å². The Balaban J connectivity index is 2.20. The van der Waals surface area contributed by atoms with Crippen molar-refractivity contribution in [3.05, 3.63) is 51.9 Å². The Morgan fingerprint density at radius 2 is 2.00 bits per heavy atom. The zero-order chi connectivity index (χ0) is 17.2. The summed E-state index contributed by atoms with van der Waals surface area (Å²) >= 11 is 5.85. The molecular weight excluding hydrogens is 342 g/mol. The summed E-state index contributed by atoms with van der Waals surface area (Å²) in [6.45, 7) is 3.19. The first-order chi connectivity index (χ1) is 10.7. The van der Waals surface area contributed by atoms with Crippen molar-refractivity contribution in [1.82, 2.24) is 4.72 Å². The zero-order valence-corrected chi connectivity index (χ0v) is 14.4. The summed E-state index contributed by atoms with van der Waals surface area (Å²) < 4.78 is 37.1. The lowest BCUT2D eigenvalue weighted by molar-refractivity contribution is 0.0599. The number of sulfonamides is 1. The minimum Gasteiger partial charge on any atom is -0.465 e. The Morgan fingerprint density at radius 1 is 1.30 bits per heavy atom. The van der Waals surface area contributed by atoms with Crippen molar-refractivity contribution in [3.8, 4) is 0 Å². The Hall–Kier alpha value is -1.83. The van der Waals surface area contributed by atoms with Crippen molar-refractivity contribution in [2.45, 2.75) is 25.3 Å². The van der Waals surface area contributed by atoms with Crippen LogP contribution in [0.2, 0.25) is 5.02 Å². The van der Waals surface area contributed by atoms with Gasteiger partial charge in [-0.05, 0) is 37.6 Å². The highest BCUT2D eigenvalue weighted by Gasteiger charge is 2.20. The van der Waals surface area contributed by atoms with Gasteiger partial charge in [0.25, 0.3) is 0 Å². The fourth-order valence-electron chi connectivity index (χ4n) is 2.05. The third-order valence-corrected chi connectivity index (χ3v) is 5.03. The molecule has 23 heavy (non-hydrogen) atoms. The third-order valence-electron chi connectivity index (χ3n) is 3.25. The second-order valence-corrected chi connectivity index (χ2v) is 7.08. The number of hydrogen-bond donors (Lipinski definition) is 1. The average Bonchev–Trinajstić information content (AvgIpc) is 2.88. The molecule has 0 saturated heterocycles. The molecule has 124 valence electrons. The highest BCUT2D eigenvalue weighted by Crippen LogP contribution is 2.21. The quantitative estimate of drug-likeness (QED) is 0.831. The van der Waals surface area contributed by atoms with Gasteiger partial charge in [-0.3, -0.25) is 0 Å². The molecule has 0 aliphatic rings. The normalized spacial score (nSPS) is 11.5. The topological polar surface area (TPSA) is 85.6 Å². The van der Waals surface area contributed by atoms with Gasteiger partial charge in [-0.1, -0.05) is 17.7 Å². The maximum atomic E-state index is 12.4. The molecule has 0 unspecified atom stereocenters. The highest BCUT2D eigenvalue weighted by molar-refractivity contribution is 7.89. The molecule has 2 rings (SSSR count). The fourth-order valence-corrected chi connectivity index (χ4v) is 3.55. The Morgan fingerprint density at radius 3 is 2.65 bits per heavy atom. The number of carbonyl (C=O) groups excluding carboxylic acids is 1. The first-order valence-corrected chi connectivity index (χ1v) is 8.54. The smallest absolute Gasteiger partial charge is 0.341 e. The van der Waals surface area contributed by atoms with Crippen molar-refractivity contribution >= 4 is 27.6 Å². The van der Waals surface area contributed by atoms with E-state index in [0.717, 1.165) is 0 Å². The van der Waals surface area contributed by atoms with Gasteiger partial charge in [0.05, 0.1) is 18.6 Å². The third kappa shape index (κ3) is 3.93. The van der Waals surface area contributed by atoms with Gasteiger partial charge in [0, 0.05) is 5.02 Å². The molecule has 0 spiro atoms. The van der Waals surface area contributed by atoms with Crippen LogP contribution in [0.25, 0.3) is 0 Å². The summed E-state index contributed by atoms with van der Waals surface area (Å²) in [5.74, 6) is 0.141. The second-order valence-electron chi connectivity index (χ2n) is 4.91. The minimum absolute atomic E-state index is 0.0911. The highest BCUT2D eigenvalue weighted by atomic mass is 35.5. The average molecular weight is 358 g/mol. The molecule has 0 aliphatic carbocycles. The van der Waals surface area contributed by atoms with Crippen LogP contribution in [0.4, 0.5) is 0 Å². The van der Waals surface area contributed by atoms with E-state index in [4.69, 9.17) is 16.0 Å². The summed E-state index contributed by atoms with van der Waals surface area (Å²) in [4.78, 5) is 11.6. The van der Waals surface area contributed by atoms with E-state index in [9.17, 15) is 13.2 Å².